The van der Waals surface area contributed by atoms with Crippen LogP contribution in [0.2, 0.25) is 0 Å². The fraction of sp³-hybridized carbons (Fsp3) is 0.900. The molecule has 0 radical (unpaired) electrons. The van der Waals surface area contributed by atoms with Crippen LogP contribution in [0.25, 0.3) is 0 Å². The molecule has 2 saturated heterocycles. The molecular weight excluding hydrogens is 180 g/mol. The highest BCUT2D eigenvalue weighted by Gasteiger charge is 2.36. The van der Waals surface area contributed by atoms with Crippen LogP contribution < -0.4 is 5.32 Å². The van der Waals surface area contributed by atoms with E-state index in [1.165, 1.54) is 0 Å². The molecule has 0 bridgehead atoms. The molecule has 2 rings (SSSR count). The molecular formula is C10H18N2O2. The summed E-state index contributed by atoms with van der Waals surface area (Å²) in [5.74, 6) is 0.235. The summed E-state index contributed by atoms with van der Waals surface area (Å²) in [4.78, 5) is 13.7. The molecule has 80 valence electrons. The second-order valence-electron chi connectivity index (χ2n) is 4.00. The Hall–Kier alpha value is -0.610. The first-order valence-corrected chi connectivity index (χ1v) is 5.45. The molecule has 2 aliphatic heterocycles. The van der Waals surface area contributed by atoms with E-state index in [9.17, 15) is 4.79 Å². The van der Waals surface area contributed by atoms with Gasteiger partial charge in [0.05, 0.1) is 25.4 Å². The lowest BCUT2D eigenvalue weighted by Gasteiger charge is -2.29. The summed E-state index contributed by atoms with van der Waals surface area (Å²) in [5.41, 5.74) is 0. The van der Waals surface area contributed by atoms with Gasteiger partial charge in [0.25, 0.3) is 0 Å². The normalized spacial score (nSPS) is 32.9. The van der Waals surface area contributed by atoms with E-state index in [0.717, 1.165) is 25.9 Å². The van der Waals surface area contributed by atoms with E-state index < -0.39 is 0 Å². The number of hydrogen-bond acceptors (Lipinski definition) is 3. The van der Waals surface area contributed by atoms with Gasteiger partial charge in [0.15, 0.2) is 0 Å². The summed E-state index contributed by atoms with van der Waals surface area (Å²) in [5, 5.41) is 3.26. The Labute approximate surface area is 84.6 Å². The van der Waals surface area contributed by atoms with Crippen LogP contribution >= 0.6 is 0 Å². The Balaban J connectivity index is 2.00. The molecule has 2 fully saturated rings. The summed E-state index contributed by atoms with van der Waals surface area (Å²) in [6.45, 7) is 4.16. The minimum atomic E-state index is 0.235. The predicted molar refractivity (Wildman–Crippen MR) is 52.8 cm³/mol. The molecule has 2 heterocycles. The maximum atomic E-state index is 11.7. The Bertz CT molecular complexity index is 214. The fourth-order valence-electron chi connectivity index (χ4n) is 2.28. The van der Waals surface area contributed by atoms with Gasteiger partial charge < -0.3 is 9.64 Å². The lowest BCUT2D eigenvalue weighted by atomic mass is 10.2. The highest BCUT2D eigenvalue weighted by atomic mass is 16.5. The smallest absolute Gasteiger partial charge is 0.238 e. The van der Waals surface area contributed by atoms with Crippen molar-refractivity contribution in [2.75, 3.05) is 19.8 Å². The quantitative estimate of drug-likeness (QED) is 0.710. The Kier molecular flexibility index (Phi) is 3.03. The van der Waals surface area contributed by atoms with Gasteiger partial charge in [-0.3, -0.25) is 10.1 Å². The van der Waals surface area contributed by atoms with Crippen LogP contribution in [0, 0.1) is 0 Å². The standard InChI is InChI=1S/C10H18N2O2/c1-2-3-9-11-6-10(13)12(9)8-4-5-14-7-8/h8-9,11H,2-7H2,1H3. The summed E-state index contributed by atoms with van der Waals surface area (Å²) >= 11 is 0. The first-order chi connectivity index (χ1) is 6.83. The molecule has 0 aromatic rings. The van der Waals surface area contributed by atoms with Gasteiger partial charge in [-0.05, 0) is 12.8 Å². The Morgan fingerprint density at radius 3 is 3.14 bits per heavy atom. The third-order valence-electron chi connectivity index (χ3n) is 2.97. The van der Waals surface area contributed by atoms with Crippen LogP contribution in [0.15, 0.2) is 0 Å². The maximum Gasteiger partial charge on any atom is 0.238 e. The largest absolute Gasteiger partial charge is 0.379 e. The van der Waals surface area contributed by atoms with Crippen molar-refractivity contribution in [2.45, 2.75) is 38.4 Å². The molecule has 4 nitrogen and oxygen atoms in total. The summed E-state index contributed by atoms with van der Waals surface area (Å²) in [6.07, 6.45) is 3.39. The summed E-state index contributed by atoms with van der Waals surface area (Å²) < 4.78 is 5.32. The highest BCUT2D eigenvalue weighted by Crippen LogP contribution is 2.20. The minimum absolute atomic E-state index is 0.235. The number of rotatable bonds is 3. The lowest BCUT2D eigenvalue weighted by Crippen LogP contribution is -2.44. The maximum absolute atomic E-state index is 11.7. The zero-order valence-corrected chi connectivity index (χ0v) is 8.66. The number of amides is 1. The molecule has 0 saturated carbocycles. The van der Waals surface area contributed by atoms with Crippen LogP contribution in [0.4, 0.5) is 0 Å². The molecule has 2 unspecified atom stereocenters. The van der Waals surface area contributed by atoms with Gasteiger partial charge in [-0.2, -0.15) is 0 Å². The number of carbonyl (C=O) groups is 1. The van der Waals surface area contributed by atoms with E-state index in [1.807, 2.05) is 4.90 Å². The number of nitrogens with zero attached hydrogens (tertiary/aromatic N) is 1. The van der Waals surface area contributed by atoms with Crippen LogP contribution in [-0.4, -0.2) is 42.8 Å². The van der Waals surface area contributed by atoms with Gasteiger partial charge in [0.2, 0.25) is 5.91 Å². The van der Waals surface area contributed by atoms with Crippen molar-refractivity contribution in [1.29, 1.82) is 0 Å². The van der Waals surface area contributed by atoms with Crippen LogP contribution in [0.1, 0.15) is 26.2 Å². The van der Waals surface area contributed by atoms with Crippen molar-refractivity contribution in [2.24, 2.45) is 0 Å². The molecule has 0 spiro atoms. The second kappa shape index (κ2) is 4.28. The minimum Gasteiger partial charge on any atom is -0.379 e. The predicted octanol–water partition coefficient (Wildman–Crippen LogP) is 0.333. The topological polar surface area (TPSA) is 41.6 Å². The van der Waals surface area contributed by atoms with Gasteiger partial charge in [-0.1, -0.05) is 13.3 Å². The average molecular weight is 198 g/mol. The van der Waals surface area contributed by atoms with Crippen LogP contribution in [0.3, 0.4) is 0 Å². The molecule has 0 aromatic heterocycles. The Morgan fingerprint density at radius 2 is 2.50 bits per heavy atom. The summed E-state index contributed by atoms with van der Waals surface area (Å²) in [6, 6.07) is 0.314. The third-order valence-corrected chi connectivity index (χ3v) is 2.97. The SMILES string of the molecule is CCCC1NCC(=O)N1C1CCOC1. The van der Waals surface area contributed by atoms with E-state index in [1.54, 1.807) is 0 Å². The average Bonchev–Trinajstić information content (AvgIpc) is 2.76. The molecule has 4 heteroatoms. The first-order valence-electron chi connectivity index (χ1n) is 5.45. The number of carbonyl (C=O) groups excluding carboxylic acids is 1. The van der Waals surface area contributed by atoms with Crippen molar-refractivity contribution in [3.63, 3.8) is 0 Å². The third kappa shape index (κ3) is 1.77. The van der Waals surface area contributed by atoms with Gasteiger partial charge in [-0.15, -0.1) is 0 Å². The van der Waals surface area contributed by atoms with E-state index in [0.29, 0.717) is 19.2 Å². The van der Waals surface area contributed by atoms with E-state index in [2.05, 4.69) is 12.2 Å². The highest BCUT2D eigenvalue weighted by molar-refractivity contribution is 5.81. The first kappa shape index (κ1) is 9.93. The molecule has 1 amide bonds. The van der Waals surface area contributed by atoms with Crippen molar-refractivity contribution in [3.05, 3.63) is 0 Å². The van der Waals surface area contributed by atoms with Gasteiger partial charge in [0.1, 0.15) is 0 Å². The second-order valence-corrected chi connectivity index (χ2v) is 4.00. The van der Waals surface area contributed by atoms with Gasteiger partial charge in [-0.25, -0.2) is 0 Å². The van der Waals surface area contributed by atoms with Crippen molar-refractivity contribution < 1.29 is 9.53 Å². The van der Waals surface area contributed by atoms with Crippen LogP contribution in [0.5, 0.6) is 0 Å². The van der Waals surface area contributed by atoms with Crippen molar-refractivity contribution in [3.8, 4) is 0 Å². The fourth-order valence-corrected chi connectivity index (χ4v) is 2.28. The van der Waals surface area contributed by atoms with Crippen molar-refractivity contribution >= 4 is 5.91 Å². The monoisotopic (exact) mass is 198 g/mol. The van der Waals surface area contributed by atoms with Gasteiger partial charge >= 0.3 is 0 Å². The van der Waals surface area contributed by atoms with Gasteiger partial charge in [0, 0.05) is 6.61 Å². The van der Waals surface area contributed by atoms with E-state index in [4.69, 9.17) is 4.74 Å². The summed E-state index contributed by atoms with van der Waals surface area (Å²) in [7, 11) is 0. The van der Waals surface area contributed by atoms with E-state index >= 15 is 0 Å². The number of nitrogens with one attached hydrogen (secondary N) is 1. The van der Waals surface area contributed by atoms with Crippen LogP contribution in [-0.2, 0) is 9.53 Å². The molecule has 2 aliphatic rings. The zero-order valence-electron chi connectivity index (χ0n) is 8.66. The molecule has 14 heavy (non-hydrogen) atoms. The van der Waals surface area contributed by atoms with Crippen molar-refractivity contribution in [1.82, 2.24) is 10.2 Å². The molecule has 0 aliphatic carbocycles. The molecule has 1 N–H and O–H groups in total. The van der Waals surface area contributed by atoms with E-state index in [-0.39, 0.29) is 12.1 Å². The molecule has 2 atom stereocenters. The molecule has 0 aromatic carbocycles. The Morgan fingerprint density at radius 1 is 1.64 bits per heavy atom. The zero-order chi connectivity index (χ0) is 9.97. The number of hydrogen-bond donors (Lipinski definition) is 1. The lowest BCUT2D eigenvalue weighted by molar-refractivity contribution is -0.130. The number of ether oxygens (including phenoxy) is 1.